The van der Waals surface area contributed by atoms with Crippen LogP contribution in [0, 0.1) is 17.0 Å². The van der Waals surface area contributed by atoms with Gasteiger partial charge < -0.3 is 20.4 Å². The number of nitrogens with zero attached hydrogens (tertiary/aromatic N) is 3. The van der Waals surface area contributed by atoms with Crippen LogP contribution in [0.15, 0.2) is 36.4 Å². The molecule has 168 valence electrons. The minimum Gasteiger partial charge on any atom is -0.363 e. The zero-order chi connectivity index (χ0) is 22.8. The molecule has 1 heterocycles. The summed E-state index contributed by atoms with van der Waals surface area (Å²) < 4.78 is 0. The number of anilines is 2. The van der Waals surface area contributed by atoms with Gasteiger partial charge in [-0.25, -0.2) is 0 Å². The maximum atomic E-state index is 13.1. The van der Waals surface area contributed by atoms with Crippen LogP contribution in [0.5, 0.6) is 0 Å². The van der Waals surface area contributed by atoms with Crippen LogP contribution in [0.2, 0.25) is 0 Å². The molecular weight excluding hydrogens is 410 g/mol. The lowest BCUT2D eigenvalue weighted by Gasteiger charge is -2.33. The molecule has 0 aromatic heterocycles. The second-order valence-corrected chi connectivity index (χ2v) is 8.45. The Bertz CT molecular complexity index is 1060. The minimum atomic E-state index is -0.574. The number of hydrogen-bond donors (Lipinski definition) is 2. The van der Waals surface area contributed by atoms with E-state index in [4.69, 9.17) is 0 Å². The number of hydrogen-bond acceptors (Lipinski definition) is 6. The van der Waals surface area contributed by atoms with Crippen molar-refractivity contribution in [2.75, 3.05) is 43.4 Å². The van der Waals surface area contributed by atoms with Crippen LogP contribution in [0.25, 0.3) is 0 Å². The monoisotopic (exact) mass is 437 g/mol. The molecule has 0 atom stereocenters. The van der Waals surface area contributed by atoms with Gasteiger partial charge in [0.1, 0.15) is 11.3 Å². The first kappa shape index (κ1) is 21.8. The van der Waals surface area contributed by atoms with Gasteiger partial charge in [0.2, 0.25) is 0 Å². The Kier molecular flexibility index (Phi) is 6.09. The van der Waals surface area contributed by atoms with Crippen LogP contribution in [0.4, 0.5) is 17.1 Å². The van der Waals surface area contributed by atoms with E-state index in [1.165, 1.54) is 6.07 Å². The van der Waals surface area contributed by atoms with E-state index in [-0.39, 0.29) is 23.2 Å². The highest BCUT2D eigenvalue weighted by atomic mass is 16.6. The van der Waals surface area contributed by atoms with Gasteiger partial charge in [-0.3, -0.25) is 19.7 Å². The van der Waals surface area contributed by atoms with E-state index < -0.39 is 10.8 Å². The third-order valence-electron chi connectivity index (χ3n) is 5.95. The van der Waals surface area contributed by atoms with E-state index in [1.54, 1.807) is 30.3 Å². The first-order valence-electron chi connectivity index (χ1n) is 10.8. The Hall–Kier alpha value is -3.46. The fourth-order valence-corrected chi connectivity index (χ4v) is 3.79. The zero-order valence-corrected chi connectivity index (χ0v) is 18.3. The Morgan fingerprint density at radius 3 is 2.44 bits per heavy atom. The van der Waals surface area contributed by atoms with Crippen molar-refractivity contribution in [3.05, 3.63) is 63.2 Å². The minimum absolute atomic E-state index is 0.00124. The third-order valence-corrected chi connectivity index (χ3v) is 5.95. The van der Waals surface area contributed by atoms with Gasteiger partial charge >= 0.3 is 5.69 Å². The Morgan fingerprint density at radius 2 is 1.78 bits per heavy atom. The van der Waals surface area contributed by atoms with Crippen molar-refractivity contribution in [1.82, 2.24) is 10.2 Å². The van der Waals surface area contributed by atoms with Gasteiger partial charge in [-0.05, 0) is 56.6 Å². The molecule has 9 nitrogen and oxygen atoms in total. The van der Waals surface area contributed by atoms with E-state index in [1.807, 2.05) is 18.9 Å². The van der Waals surface area contributed by atoms with Crippen molar-refractivity contribution >= 4 is 28.9 Å². The molecule has 9 heteroatoms. The molecule has 1 aliphatic carbocycles. The molecule has 2 aliphatic rings. The summed E-state index contributed by atoms with van der Waals surface area (Å²) in [6.07, 6.45) is 1.96. The molecule has 1 aliphatic heterocycles. The Labute approximate surface area is 186 Å². The fraction of sp³-hybridized carbons (Fsp3) is 0.391. The first-order chi connectivity index (χ1) is 15.3. The van der Waals surface area contributed by atoms with Gasteiger partial charge in [0.15, 0.2) is 0 Å². The fourth-order valence-electron chi connectivity index (χ4n) is 3.79. The normalized spacial score (nSPS) is 16.5. The molecule has 2 fully saturated rings. The number of likely N-dealkylation sites (N-methyl/N-ethyl adjacent to an activating group) is 1. The number of carbonyl (C=O) groups excluding carboxylic acids is 2. The van der Waals surface area contributed by atoms with Crippen molar-refractivity contribution in [2.24, 2.45) is 0 Å². The molecule has 0 radical (unpaired) electrons. The summed E-state index contributed by atoms with van der Waals surface area (Å²) in [6.45, 7) is 4.71. The molecule has 1 saturated carbocycles. The Morgan fingerprint density at radius 1 is 1.06 bits per heavy atom. The summed E-state index contributed by atoms with van der Waals surface area (Å²) in [6, 6.07) is 10.1. The van der Waals surface area contributed by atoms with Gasteiger partial charge in [0.05, 0.1) is 4.92 Å². The van der Waals surface area contributed by atoms with Crippen molar-refractivity contribution in [2.45, 2.75) is 25.8 Å². The number of para-hydroxylation sites is 1. The topological polar surface area (TPSA) is 108 Å². The second-order valence-electron chi connectivity index (χ2n) is 8.45. The molecule has 2 aromatic rings. The maximum absolute atomic E-state index is 13.1. The van der Waals surface area contributed by atoms with E-state index in [0.29, 0.717) is 30.0 Å². The summed E-state index contributed by atoms with van der Waals surface area (Å²) in [5.41, 5.74) is 1.91. The first-order valence-corrected chi connectivity index (χ1v) is 10.8. The summed E-state index contributed by atoms with van der Waals surface area (Å²) >= 11 is 0. The van der Waals surface area contributed by atoms with Crippen LogP contribution in [-0.2, 0) is 0 Å². The highest BCUT2D eigenvalue weighted by molar-refractivity contribution is 6.09. The number of nitro benzene ring substituents is 1. The number of piperazine rings is 1. The number of nitrogens with one attached hydrogen (secondary N) is 2. The lowest BCUT2D eigenvalue weighted by atomic mass is 10.1. The van der Waals surface area contributed by atoms with Crippen LogP contribution in [-0.4, -0.2) is 60.9 Å². The number of aryl methyl sites for hydroxylation is 1. The molecule has 32 heavy (non-hydrogen) atoms. The number of carbonyl (C=O) groups is 2. The highest BCUT2D eigenvalue weighted by Crippen LogP contribution is 2.33. The van der Waals surface area contributed by atoms with Crippen LogP contribution in [0.1, 0.15) is 39.1 Å². The molecule has 2 amide bonds. The SMILES string of the molecule is Cc1ccc(C(=O)NC2CC2)cc1NC(=O)c1cccc(N2CCN(C)CC2)c1[N+](=O)[O-]. The summed E-state index contributed by atoms with van der Waals surface area (Å²) in [4.78, 5) is 41.1. The predicted molar refractivity (Wildman–Crippen MR) is 122 cm³/mol. The highest BCUT2D eigenvalue weighted by Gasteiger charge is 2.29. The van der Waals surface area contributed by atoms with Crippen molar-refractivity contribution in [3.63, 3.8) is 0 Å². The molecule has 0 bridgehead atoms. The van der Waals surface area contributed by atoms with Gasteiger partial charge in [-0.15, -0.1) is 0 Å². The number of rotatable bonds is 6. The third kappa shape index (κ3) is 4.72. The van der Waals surface area contributed by atoms with E-state index in [2.05, 4.69) is 15.5 Å². The van der Waals surface area contributed by atoms with E-state index in [9.17, 15) is 19.7 Å². The molecule has 1 saturated heterocycles. The van der Waals surface area contributed by atoms with Gasteiger partial charge in [-0.1, -0.05) is 12.1 Å². The average Bonchev–Trinajstić information content (AvgIpc) is 3.59. The van der Waals surface area contributed by atoms with Crippen molar-refractivity contribution < 1.29 is 14.5 Å². The number of nitro groups is 1. The van der Waals surface area contributed by atoms with Gasteiger partial charge in [0.25, 0.3) is 11.8 Å². The quantitative estimate of drug-likeness (QED) is 0.532. The number of amides is 2. The average molecular weight is 438 g/mol. The van der Waals surface area contributed by atoms with Gasteiger partial charge in [-0.2, -0.15) is 0 Å². The molecule has 0 spiro atoms. The van der Waals surface area contributed by atoms with Crippen LogP contribution in [0.3, 0.4) is 0 Å². The standard InChI is InChI=1S/C23H27N5O4/c1-15-6-7-16(22(29)24-17-8-9-17)14-19(15)25-23(30)18-4-3-5-20(21(18)28(31)32)27-12-10-26(2)11-13-27/h3-7,14,17H,8-13H2,1-2H3,(H,24,29)(H,25,30). The van der Waals surface area contributed by atoms with E-state index >= 15 is 0 Å². The van der Waals surface area contributed by atoms with Crippen LogP contribution < -0.4 is 15.5 Å². The molecular formula is C23H27N5O4. The molecule has 4 rings (SSSR count). The maximum Gasteiger partial charge on any atom is 0.305 e. The van der Waals surface area contributed by atoms with Crippen LogP contribution >= 0.6 is 0 Å². The smallest absolute Gasteiger partial charge is 0.305 e. The largest absolute Gasteiger partial charge is 0.363 e. The zero-order valence-electron chi connectivity index (χ0n) is 18.3. The summed E-state index contributed by atoms with van der Waals surface area (Å²) in [5, 5.41) is 17.7. The lowest BCUT2D eigenvalue weighted by molar-refractivity contribution is -0.384. The number of benzene rings is 2. The van der Waals surface area contributed by atoms with Crippen molar-refractivity contribution in [3.8, 4) is 0 Å². The van der Waals surface area contributed by atoms with Crippen molar-refractivity contribution in [1.29, 1.82) is 0 Å². The van der Waals surface area contributed by atoms with Gasteiger partial charge in [0, 0.05) is 43.5 Å². The molecule has 2 aromatic carbocycles. The predicted octanol–water partition coefficient (Wildman–Crippen LogP) is 2.80. The summed E-state index contributed by atoms with van der Waals surface area (Å²) in [7, 11) is 2.01. The lowest BCUT2D eigenvalue weighted by Crippen LogP contribution is -2.44. The Balaban J connectivity index is 1.60. The van der Waals surface area contributed by atoms with E-state index in [0.717, 1.165) is 31.5 Å². The molecule has 0 unspecified atom stereocenters. The molecule has 2 N–H and O–H groups in total. The summed E-state index contributed by atoms with van der Waals surface area (Å²) in [5.74, 6) is -0.762. The second kappa shape index (κ2) is 8.96.